The number of rotatable bonds is 1. The van der Waals surface area contributed by atoms with Crippen LogP contribution < -0.4 is 0 Å². The van der Waals surface area contributed by atoms with Gasteiger partial charge >= 0.3 is 0 Å². The smallest absolute Gasteiger partial charge is 0.246 e. The zero-order valence-electron chi connectivity index (χ0n) is 9.40. The van der Waals surface area contributed by atoms with Crippen LogP contribution in [0.5, 0.6) is 0 Å². The summed E-state index contributed by atoms with van der Waals surface area (Å²) in [5.74, 6) is 0.698. The number of hydrogen-bond donors (Lipinski definition) is 0. The molecule has 0 aromatic heterocycles. The largest absolute Gasteiger partial charge is 0.292 e. The third kappa shape index (κ3) is 1.91. The number of carbonyl (C=O) groups is 2. The van der Waals surface area contributed by atoms with Gasteiger partial charge in [0.1, 0.15) is 0 Å². The van der Waals surface area contributed by atoms with E-state index in [-0.39, 0.29) is 17.9 Å². The number of piperidine rings is 1. The van der Waals surface area contributed by atoms with Crippen LogP contribution in [-0.2, 0) is 9.59 Å². The Hall–Kier alpha value is -0.900. The highest BCUT2D eigenvalue weighted by molar-refractivity contribution is 6.05. The van der Waals surface area contributed by atoms with E-state index in [0.29, 0.717) is 6.42 Å². The Bertz CT molecular complexity index is 282. The summed E-state index contributed by atoms with van der Waals surface area (Å²) in [5.41, 5.74) is 0. The molecule has 1 atom stereocenters. The highest BCUT2D eigenvalue weighted by atomic mass is 16.2. The molecule has 2 heterocycles. The fourth-order valence-electron chi connectivity index (χ4n) is 2.36. The molecule has 0 aliphatic carbocycles. The summed E-state index contributed by atoms with van der Waals surface area (Å²) in [5, 5.41) is 0. The minimum Gasteiger partial charge on any atom is -0.292 e. The molecule has 0 saturated carbocycles. The maximum atomic E-state index is 11.8. The Morgan fingerprint density at radius 2 is 1.80 bits per heavy atom. The van der Waals surface area contributed by atoms with Gasteiger partial charge in [0.05, 0.1) is 12.5 Å². The highest BCUT2D eigenvalue weighted by Gasteiger charge is 2.40. The van der Waals surface area contributed by atoms with Gasteiger partial charge in [-0.2, -0.15) is 0 Å². The van der Waals surface area contributed by atoms with Crippen molar-refractivity contribution in [1.82, 2.24) is 9.80 Å². The molecule has 0 aromatic rings. The van der Waals surface area contributed by atoms with Crippen molar-refractivity contribution in [2.24, 2.45) is 5.92 Å². The Labute approximate surface area is 90.2 Å². The van der Waals surface area contributed by atoms with Crippen molar-refractivity contribution in [2.45, 2.75) is 32.2 Å². The van der Waals surface area contributed by atoms with Crippen molar-refractivity contribution in [3.8, 4) is 0 Å². The summed E-state index contributed by atoms with van der Waals surface area (Å²) >= 11 is 0. The second-order valence-electron chi connectivity index (χ2n) is 4.73. The zero-order valence-corrected chi connectivity index (χ0v) is 9.40. The van der Waals surface area contributed by atoms with Crippen molar-refractivity contribution in [3.63, 3.8) is 0 Å². The summed E-state index contributed by atoms with van der Waals surface area (Å²) in [6, 6.07) is -0.171. The zero-order chi connectivity index (χ0) is 11.0. The van der Waals surface area contributed by atoms with Gasteiger partial charge in [-0.25, -0.2) is 0 Å². The van der Waals surface area contributed by atoms with Crippen LogP contribution in [0, 0.1) is 5.92 Å². The van der Waals surface area contributed by atoms with Gasteiger partial charge in [-0.1, -0.05) is 6.92 Å². The molecule has 0 spiro atoms. The topological polar surface area (TPSA) is 40.6 Å². The number of likely N-dealkylation sites (N-methyl/N-ethyl adjacent to an activating group) is 1. The number of hydrogen-bond acceptors (Lipinski definition) is 3. The van der Waals surface area contributed by atoms with Crippen molar-refractivity contribution >= 4 is 11.8 Å². The van der Waals surface area contributed by atoms with Gasteiger partial charge in [-0.05, 0) is 31.8 Å². The minimum absolute atomic E-state index is 0.0189. The van der Waals surface area contributed by atoms with E-state index in [1.807, 2.05) is 0 Å². The molecule has 2 aliphatic heterocycles. The number of imide groups is 1. The van der Waals surface area contributed by atoms with Crippen LogP contribution in [0.2, 0.25) is 0 Å². The number of likely N-dealkylation sites (tertiary alicyclic amines) is 2. The van der Waals surface area contributed by atoms with E-state index < -0.39 is 0 Å². The normalized spacial score (nSPS) is 30.3. The minimum atomic E-state index is -0.171. The van der Waals surface area contributed by atoms with Crippen LogP contribution in [0.3, 0.4) is 0 Å². The summed E-state index contributed by atoms with van der Waals surface area (Å²) in [7, 11) is 1.58. The highest BCUT2D eigenvalue weighted by Crippen LogP contribution is 2.23. The average Bonchev–Trinajstić information content (AvgIpc) is 2.47. The van der Waals surface area contributed by atoms with E-state index in [4.69, 9.17) is 0 Å². The number of amides is 2. The summed E-state index contributed by atoms with van der Waals surface area (Å²) in [6.07, 6.45) is 2.66. The fraction of sp³-hybridized carbons (Fsp3) is 0.818. The molecule has 2 saturated heterocycles. The van der Waals surface area contributed by atoms with Crippen LogP contribution in [-0.4, -0.2) is 47.8 Å². The summed E-state index contributed by atoms with van der Waals surface area (Å²) in [4.78, 5) is 26.6. The van der Waals surface area contributed by atoms with Crippen molar-refractivity contribution < 1.29 is 9.59 Å². The lowest BCUT2D eigenvalue weighted by Crippen LogP contribution is -2.45. The molecule has 4 nitrogen and oxygen atoms in total. The molecule has 4 heteroatoms. The van der Waals surface area contributed by atoms with E-state index in [1.165, 1.54) is 4.90 Å². The van der Waals surface area contributed by atoms with Gasteiger partial charge < -0.3 is 0 Å². The lowest BCUT2D eigenvalue weighted by molar-refractivity contribution is -0.138. The molecule has 2 amide bonds. The predicted molar refractivity (Wildman–Crippen MR) is 56.2 cm³/mol. The molecule has 2 fully saturated rings. The Balaban J connectivity index is 2.00. The third-order valence-electron chi connectivity index (χ3n) is 3.62. The van der Waals surface area contributed by atoms with Gasteiger partial charge in [-0.3, -0.25) is 19.4 Å². The number of nitrogens with zero attached hydrogens (tertiary/aromatic N) is 2. The van der Waals surface area contributed by atoms with Gasteiger partial charge in [0, 0.05) is 7.05 Å². The first kappa shape index (κ1) is 10.6. The molecule has 0 N–H and O–H groups in total. The Morgan fingerprint density at radius 3 is 2.27 bits per heavy atom. The monoisotopic (exact) mass is 210 g/mol. The summed E-state index contributed by atoms with van der Waals surface area (Å²) < 4.78 is 0. The lowest BCUT2D eigenvalue weighted by atomic mass is 9.97. The number of carbonyl (C=O) groups excluding carboxylic acids is 2. The molecule has 15 heavy (non-hydrogen) atoms. The van der Waals surface area contributed by atoms with Gasteiger partial charge in [0.2, 0.25) is 11.8 Å². The average molecular weight is 210 g/mol. The Morgan fingerprint density at radius 1 is 1.20 bits per heavy atom. The SMILES string of the molecule is CC1CCN([C@H]2CC(=O)N(C)C2=O)CC1. The second kappa shape index (κ2) is 3.93. The van der Waals surface area contributed by atoms with Crippen LogP contribution in [0.1, 0.15) is 26.2 Å². The van der Waals surface area contributed by atoms with E-state index in [1.54, 1.807) is 7.05 Å². The molecule has 2 rings (SSSR count). The maximum Gasteiger partial charge on any atom is 0.246 e. The van der Waals surface area contributed by atoms with Crippen LogP contribution in [0.4, 0.5) is 0 Å². The van der Waals surface area contributed by atoms with Gasteiger partial charge in [-0.15, -0.1) is 0 Å². The molecule has 0 bridgehead atoms. The predicted octanol–water partition coefficient (Wildman–Crippen LogP) is 0.476. The van der Waals surface area contributed by atoms with Crippen molar-refractivity contribution in [1.29, 1.82) is 0 Å². The first-order chi connectivity index (χ1) is 7.09. The molecule has 0 radical (unpaired) electrons. The molecule has 2 aliphatic rings. The molecule has 0 unspecified atom stereocenters. The molecular weight excluding hydrogens is 192 g/mol. The lowest BCUT2D eigenvalue weighted by Gasteiger charge is -2.33. The molecule has 84 valence electrons. The van der Waals surface area contributed by atoms with E-state index in [2.05, 4.69) is 11.8 Å². The van der Waals surface area contributed by atoms with Gasteiger partial charge in [0.25, 0.3) is 0 Å². The fourth-order valence-corrected chi connectivity index (χ4v) is 2.36. The van der Waals surface area contributed by atoms with Crippen LogP contribution in [0.15, 0.2) is 0 Å². The molecule has 0 aromatic carbocycles. The first-order valence-electron chi connectivity index (χ1n) is 5.64. The maximum absolute atomic E-state index is 11.8. The molecular formula is C11H18N2O2. The van der Waals surface area contributed by atoms with Gasteiger partial charge in [0.15, 0.2) is 0 Å². The van der Waals surface area contributed by atoms with Crippen LogP contribution in [0.25, 0.3) is 0 Å². The van der Waals surface area contributed by atoms with E-state index in [9.17, 15) is 9.59 Å². The summed E-state index contributed by atoms with van der Waals surface area (Å²) in [6.45, 7) is 4.16. The Kier molecular flexibility index (Phi) is 2.78. The first-order valence-corrected chi connectivity index (χ1v) is 5.64. The van der Waals surface area contributed by atoms with Crippen molar-refractivity contribution in [3.05, 3.63) is 0 Å². The quantitative estimate of drug-likeness (QED) is 0.591. The van der Waals surface area contributed by atoms with Crippen molar-refractivity contribution in [2.75, 3.05) is 20.1 Å². The standard InChI is InChI=1S/C11H18N2O2/c1-8-3-5-13(6-4-8)9-7-10(14)12(2)11(9)15/h8-9H,3-7H2,1-2H3/t9-/m0/s1. The van der Waals surface area contributed by atoms with E-state index >= 15 is 0 Å². The van der Waals surface area contributed by atoms with E-state index in [0.717, 1.165) is 31.8 Å². The third-order valence-corrected chi connectivity index (χ3v) is 3.62. The second-order valence-corrected chi connectivity index (χ2v) is 4.73. The van der Waals surface area contributed by atoms with Crippen LogP contribution >= 0.6 is 0 Å².